The van der Waals surface area contributed by atoms with Crippen molar-refractivity contribution in [3.63, 3.8) is 0 Å². The van der Waals surface area contributed by atoms with Gasteiger partial charge in [-0.1, -0.05) is 12.2 Å². The lowest BCUT2D eigenvalue weighted by Gasteiger charge is -2.11. The highest BCUT2D eigenvalue weighted by atomic mass is 32.1. The van der Waals surface area contributed by atoms with E-state index in [1.807, 2.05) is 0 Å². The van der Waals surface area contributed by atoms with Crippen molar-refractivity contribution in [2.24, 2.45) is 5.92 Å². The van der Waals surface area contributed by atoms with Crippen LogP contribution in [0.1, 0.15) is 19.8 Å². The lowest BCUT2D eigenvalue weighted by Crippen LogP contribution is -2.08. The average molecular weight is 360 g/mol. The number of hydrogen-bond acceptors (Lipinski definition) is 3. The molecule has 0 saturated heterocycles. The van der Waals surface area contributed by atoms with Gasteiger partial charge in [-0.3, -0.25) is 0 Å². The fraction of sp³-hybridized carbons (Fsp3) is 0.300. The molecule has 1 atom stereocenters. The normalized spacial score (nSPS) is 16.8. The second kappa shape index (κ2) is 6.64. The number of halogens is 2. The van der Waals surface area contributed by atoms with Crippen LogP contribution < -0.4 is 9.47 Å². The van der Waals surface area contributed by atoms with Crippen molar-refractivity contribution in [2.75, 3.05) is 13.2 Å². The van der Waals surface area contributed by atoms with Crippen LogP contribution in [0.4, 0.5) is 8.78 Å². The Balaban J connectivity index is 1.74. The van der Waals surface area contributed by atoms with E-state index in [0.717, 1.165) is 24.2 Å². The Labute approximate surface area is 148 Å². The van der Waals surface area contributed by atoms with Crippen LogP contribution in [0.25, 0.3) is 20.2 Å². The number of rotatable bonds is 5. The molecule has 25 heavy (non-hydrogen) atoms. The van der Waals surface area contributed by atoms with Gasteiger partial charge in [0, 0.05) is 16.7 Å². The van der Waals surface area contributed by atoms with Crippen LogP contribution in [0.15, 0.2) is 36.4 Å². The third kappa shape index (κ3) is 2.86. The van der Waals surface area contributed by atoms with Crippen molar-refractivity contribution in [3.05, 3.63) is 48.1 Å². The monoisotopic (exact) mass is 360 g/mol. The summed E-state index contributed by atoms with van der Waals surface area (Å²) in [7, 11) is 0. The minimum absolute atomic E-state index is 0.200. The topological polar surface area (TPSA) is 18.5 Å². The van der Waals surface area contributed by atoms with E-state index in [9.17, 15) is 8.78 Å². The van der Waals surface area contributed by atoms with Crippen LogP contribution in [0.5, 0.6) is 11.5 Å². The van der Waals surface area contributed by atoms with E-state index in [1.54, 1.807) is 31.2 Å². The zero-order valence-electron chi connectivity index (χ0n) is 13.9. The molecule has 1 heterocycles. The molecule has 2 nitrogen and oxygen atoms in total. The van der Waals surface area contributed by atoms with Crippen molar-refractivity contribution in [2.45, 2.75) is 19.8 Å². The molecule has 0 radical (unpaired) electrons. The number of hydrogen-bond donors (Lipinski definition) is 0. The summed E-state index contributed by atoms with van der Waals surface area (Å²) in [5, 5.41) is 1.40. The smallest absolute Gasteiger partial charge is 0.182 e. The molecule has 5 heteroatoms. The highest BCUT2D eigenvalue weighted by molar-refractivity contribution is 7.25. The third-order valence-corrected chi connectivity index (χ3v) is 5.69. The zero-order valence-corrected chi connectivity index (χ0v) is 14.7. The molecule has 0 bridgehead atoms. The Bertz CT molecular complexity index is 961. The maximum Gasteiger partial charge on any atom is 0.182 e. The standard InChI is InChI=1S/C20H18F2O2S/c1-2-23-15-9-7-13-14-8-10-16(24-11-12-5-3-4-6-12)18(22)20(14)25-19(13)17(15)21/h3,5,7-10,12H,2,4,6,11H2,1H3. The number of thiophene rings is 1. The lowest BCUT2D eigenvalue weighted by molar-refractivity contribution is 0.263. The Morgan fingerprint density at radius 1 is 1.00 bits per heavy atom. The first-order valence-electron chi connectivity index (χ1n) is 8.44. The summed E-state index contributed by atoms with van der Waals surface area (Å²) in [6.45, 7) is 2.65. The van der Waals surface area contributed by atoms with Gasteiger partial charge in [0.2, 0.25) is 0 Å². The molecule has 0 aliphatic heterocycles. The van der Waals surface area contributed by atoms with Gasteiger partial charge in [0.05, 0.1) is 22.6 Å². The molecule has 0 spiro atoms. The molecule has 1 aliphatic rings. The van der Waals surface area contributed by atoms with E-state index in [-0.39, 0.29) is 11.5 Å². The maximum absolute atomic E-state index is 14.9. The van der Waals surface area contributed by atoms with Crippen LogP contribution in [-0.2, 0) is 0 Å². The van der Waals surface area contributed by atoms with E-state index < -0.39 is 11.6 Å². The molecule has 0 amide bonds. The van der Waals surface area contributed by atoms with E-state index in [2.05, 4.69) is 12.2 Å². The number of fused-ring (bicyclic) bond motifs is 3. The first-order chi connectivity index (χ1) is 12.2. The lowest BCUT2D eigenvalue weighted by atomic mass is 10.1. The van der Waals surface area contributed by atoms with Gasteiger partial charge in [0.1, 0.15) is 0 Å². The summed E-state index contributed by atoms with van der Waals surface area (Å²) in [5.41, 5.74) is 0. The van der Waals surface area contributed by atoms with E-state index >= 15 is 0 Å². The van der Waals surface area contributed by atoms with Gasteiger partial charge < -0.3 is 9.47 Å². The average Bonchev–Trinajstić information content (AvgIpc) is 3.25. The fourth-order valence-corrected chi connectivity index (χ4v) is 4.37. The molecule has 3 aromatic rings. The number of ether oxygens (including phenoxy) is 2. The summed E-state index contributed by atoms with van der Waals surface area (Å²) in [4.78, 5) is 0. The van der Waals surface area contributed by atoms with Crippen molar-refractivity contribution in [1.29, 1.82) is 0 Å². The van der Waals surface area contributed by atoms with Gasteiger partial charge in [-0.25, -0.2) is 8.78 Å². The van der Waals surface area contributed by atoms with Crippen LogP contribution in [0.3, 0.4) is 0 Å². The molecule has 1 aliphatic carbocycles. The molecule has 2 aromatic carbocycles. The van der Waals surface area contributed by atoms with Gasteiger partial charge in [-0.15, -0.1) is 11.3 Å². The van der Waals surface area contributed by atoms with Gasteiger partial charge in [-0.05, 0) is 44.0 Å². The van der Waals surface area contributed by atoms with Crippen molar-refractivity contribution in [1.82, 2.24) is 0 Å². The molecular weight excluding hydrogens is 342 g/mol. The fourth-order valence-electron chi connectivity index (χ4n) is 3.21. The molecule has 130 valence electrons. The van der Waals surface area contributed by atoms with Gasteiger partial charge in [-0.2, -0.15) is 0 Å². The van der Waals surface area contributed by atoms with E-state index in [0.29, 0.717) is 39.3 Å². The Morgan fingerprint density at radius 2 is 1.64 bits per heavy atom. The Hall–Kier alpha value is -2.14. The zero-order chi connectivity index (χ0) is 17.4. The molecule has 1 aromatic heterocycles. The van der Waals surface area contributed by atoms with Crippen molar-refractivity contribution in [3.8, 4) is 11.5 Å². The Kier molecular flexibility index (Phi) is 4.34. The van der Waals surface area contributed by atoms with Crippen LogP contribution in [0.2, 0.25) is 0 Å². The highest BCUT2D eigenvalue weighted by Gasteiger charge is 2.19. The maximum atomic E-state index is 14.9. The van der Waals surface area contributed by atoms with Crippen LogP contribution in [0, 0.1) is 17.6 Å². The van der Waals surface area contributed by atoms with E-state index in [1.165, 1.54) is 0 Å². The molecule has 0 saturated carbocycles. The van der Waals surface area contributed by atoms with E-state index in [4.69, 9.17) is 9.47 Å². The Morgan fingerprint density at radius 3 is 2.20 bits per heavy atom. The summed E-state index contributed by atoms with van der Waals surface area (Å²) >= 11 is 1.10. The minimum atomic E-state index is -0.432. The molecular formula is C20H18F2O2S. The van der Waals surface area contributed by atoms with Gasteiger partial charge >= 0.3 is 0 Å². The van der Waals surface area contributed by atoms with Crippen molar-refractivity contribution < 1.29 is 18.3 Å². The van der Waals surface area contributed by atoms with Gasteiger partial charge in [0.15, 0.2) is 23.1 Å². The predicted octanol–water partition coefficient (Wildman–Crippen LogP) is 6.08. The summed E-state index contributed by atoms with van der Waals surface area (Å²) < 4.78 is 41.3. The third-order valence-electron chi connectivity index (χ3n) is 4.48. The first kappa shape index (κ1) is 16.3. The highest BCUT2D eigenvalue weighted by Crippen LogP contribution is 2.41. The van der Waals surface area contributed by atoms with Crippen molar-refractivity contribution >= 4 is 31.5 Å². The molecule has 1 unspecified atom stereocenters. The van der Waals surface area contributed by atoms with Crippen LogP contribution >= 0.6 is 11.3 Å². The summed E-state index contributed by atoms with van der Waals surface area (Å²) in [5.74, 6) is -0.0866. The minimum Gasteiger partial charge on any atom is -0.491 e. The van der Waals surface area contributed by atoms with Crippen LogP contribution in [-0.4, -0.2) is 13.2 Å². The molecule has 0 N–H and O–H groups in total. The number of benzene rings is 2. The molecule has 4 rings (SSSR count). The molecule has 0 fully saturated rings. The second-order valence-corrected chi connectivity index (χ2v) is 7.14. The summed E-state index contributed by atoms with van der Waals surface area (Å²) in [6, 6.07) is 6.82. The largest absolute Gasteiger partial charge is 0.491 e. The number of allylic oxidation sites excluding steroid dienone is 1. The SMILES string of the molecule is CCOc1ccc2c(sc3c(F)c(OCC4C=CCC4)ccc32)c1F. The van der Waals surface area contributed by atoms with Gasteiger partial charge in [0.25, 0.3) is 0 Å². The second-order valence-electron chi connectivity index (χ2n) is 6.12. The first-order valence-corrected chi connectivity index (χ1v) is 9.26. The predicted molar refractivity (Wildman–Crippen MR) is 97.8 cm³/mol. The summed E-state index contributed by atoms with van der Waals surface area (Å²) in [6.07, 6.45) is 6.32. The quantitative estimate of drug-likeness (QED) is 0.514.